The van der Waals surface area contributed by atoms with E-state index in [-0.39, 0.29) is 16.3 Å². The predicted molar refractivity (Wildman–Crippen MR) is 127 cm³/mol. The van der Waals surface area contributed by atoms with Crippen molar-refractivity contribution >= 4 is 33.7 Å². The van der Waals surface area contributed by atoms with E-state index in [0.29, 0.717) is 35.9 Å². The van der Waals surface area contributed by atoms with Crippen LogP contribution in [-0.2, 0) is 14.8 Å². The van der Waals surface area contributed by atoms with Crippen LogP contribution in [0.4, 0.5) is 4.79 Å². The first kappa shape index (κ1) is 24.5. The Bertz CT molecular complexity index is 957. The van der Waals surface area contributed by atoms with Gasteiger partial charge in [-0.05, 0) is 75.3 Å². The molecular weight excluding hydrogens is 460 g/mol. The number of pyridine rings is 1. The number of aromatic nitrogens is 1. The molecule has 4 aliphatic rings. The summed E-state index contributed by atoms with van der Waals surface area (Å²) in [4.78, 5) is 29.6. The molecule has 4 aliphatic carbocycles. The number of imide groups is 1. The van der Waals surface area contributed by atoms with Crippen LogP contribution in [0, 0.1) is 17.8 Å². The van der Waals surface area contributed by atoms with Crippen LogP contribution >= 0.6 is 11.8 Å². The molecule has 1 unspecified atom stereocenters. The maximum absolute atomic E-state index is 12.6. The number of amides is 3. The molecule has 3 amide bonds. The van der Waals surface area contributed by atoms with Crippen molar-refractivity contribution in [3.05, 3.63) is 18.3 Å². The first-order valence-electron chi connectivity index (χ1n) is 11.9. The number of nitrogens with zero attached hydrogens (tertiary/aromatic N) is 2. The first-order valence-corrected chi connectivity index (χ1v) is 14.2. The second-order valence-corrected chi connectivity index (χ2v) is 13.1. The molecule has 4 bridgehead atoms. The third kappa shape index (κ3) is 5.22. The minimum atomic E-state index is -3.57. The average molecular weight is 495 g/mol. The second-order valence-electron chi connectivity index (χ2n) is 9.82. The second kappa shape index (κ2) is 9.54. The van der Waals surface area contributed by atoms with Gasteiger partial charge in [0, 0.05) is 24.8 Å². The third-order valence-electron chi connectivity index (χ3n) is 7.37. The molecular formula is C23H34N4O4S2. The summed E-state index contributed by atoms with van der Waals surface area (Å²) in [5, 5.41) is 5.63. The van der Waals surface area contributed by atoms with Crippen LogP contribution in [0.1, 0.15) is 59.3 Å². The number of hydrogen-bond acceptors (Lipinski definition) is 6. The van der Waals surface area contributed by atoms with Gasteiger partial charge in [0.25, 0.3) is 0 Å². The normalized spacial score (nSPS) is 29.2. The number of hydrogen-bond donors (Lipinski definition) is 2. The lowest BCUT2D eigenvalue weighted by Gasteiger charge is -2.56. The molecule has 2 N–H and O–H groups in total. The highest BCUT2D eigenvalue weighted by atomic mass is 32.2. The van der Waals surface area contributed by atoms with Gasteiger partial charge in [0.05, 0.1) is 10.3 Å². The molecule has 1 aromatic rings. The molecule has 1 aromatic heterocycles. The summed E-state index contributed by atoms with van der Waals surface area (Å²) in [6, 6.07) is 2.69. The maximum Gasteiger partial charge on any atom is 0.321 e. The topological polar surface area (TPSA) is 108 Å². The van der Waals surface area contributed by atoms with Crippen LogP contribution in [0.3, 0.4) is 0 Å². The van der Waals surface area contributed by atoms with Crippen molar-refractivity contribution in [2.24, 2.45) is 17.8 Å². The van der Waals surface area contributed by atoms with Gasteiger partial charge in [-0.1, -0.05) is 25.6 Å². The van der Waals surface area contributed by atoms with Crippen LogP contribution in [-0.4, -0.2) is 53.5 Å². The Balaban J connectivity index is 1.31. The van der Waals surface area contributed by atoms with E-state index in [2.05, 4.69) is 15.6 Å². The Labute approximate surface area is 200 Å². The average Bonchev–Trinajstić information content (AvgIpc) is 2.73. The molecule has 1 atom stereocenters. The third-order valence-corrected chi connectivity index (χ3v) is 10.5. The molecule has 0 spiro atoms. The molecule has 1 heterocycles. The Morgan fingerprint density at radius 1 is 1.12 bits per heavy atom. The van der Waals surface area contributed by atoms with Crippen molar-refractivity contribution in [2.75, 3.05) is 13.1 Å². The lowest BCUT2D eigenvalue weighted by Crippen LogP contribution is -2.62. The molecule has 33 heavy (non-hydrogen) atoms. The van der Waals surface area contributed by atoms with Gasteiger partial charge in [-0.2, -0.15) is 4.31 Å². The summed E-state index contributed by atoms with van der Waals surface area (Å²) < 4.78 is 26.5. The SMILES string of the molecule is CCN(CC)S(=O)(=O)c1ccc(SC(C)C(=O)NC(=O)NC23CC4CC(CC(C4)C2)C3)nc1. The van der Waals surface area contributed by atoms with Gasteiger partial charge in [0.2, 0.25) is 15.9 Å². The number of urea groups is 1. The molecule has 5 rings (SSSR count). The molecule has 0 aromatic carbocycles. The van der Waals surface area contributed by atoms with Gasteiger partial charge in [-0.15, -0.1) is 0 Å². The van der Waals surface area contributed by atoms with Crippen molar-refractivity contribution < 1.29 is 18.0 Å². The van der Waals surface area contributed by atoms with Gasteiger partial charge in [0.1, 0.15) is 4.90 Å². The molecule has 4 fully saturated rings. The smallest absolute Gasteiger partial charge is 0.321 e. The molecule has 182 valence electrons. The zero-order chi connectivity index (χ0) is 23.8. The number of thioether (sulfide) groups is 1. The fraction of sp³-hybridized carbons (Fsp3) is 0.696. The Hall–Kier alpha value is -1.65. The van der Waals surface area contributed by atoms with E-state index >= 15 is 0 Å². The van der Waals surface area contributed by atoms with Crippen LogP contribution in [0.25, 0.3) is 0 Å². The van der Waals surface area contributed by atoms with Gasteiger partial charge in [0.15, 0.2) is 0 Å². The summed E-state index contributed by atoms with van der Waals surface area (Å²) in [7, 11) is -3.57. The number of carbonyl (C=O) groups excluding carboxylic acids is 2. The molecule has 10 heteroatoms. The Morgan fingerprint density at radius 3 is 2.18 bits per heavy atom. The van der Waals surface area contributed by atoms with Crippen LogP contribution < -0.4 is 10.6 Å². The number of carbonyl (C=O) groups is 2. The lowest BCUT2D eigenvalue weighted by molar-refractivity contribution is -0.119. The highest BCUT2D eigenvalue weighted by molar-refractivity contribution is 8.00. The van der Waals surface area contributed by atoms with Gasteiger partial charge in [-0.3, -0.25) is 10.1 Å². The minimum absolute atomic E-state index is 0.127. The van der Waals surface area contributed by atoms with Gasteiger partial charge in [-0.25, -0.2) is 18.2 Å². The predicted octanol–water partition coefficient (Wildman–Crippen LogP) is 3.39. The zero-order valence-corrected chi connectivity index (χ0v) is 21.2. The highest BCUT2D eigenvalue weighted by Crippen LogP contribution is 2.55. The van der Waals surface area contributed by atoms with E-state index in [1.54, 1.807) is 26.8 Å². The summed E-state index contributed by atoms with van der Waals surface area (Å²) in [6.07, 6.45) is 8.26. The van der Waals surface area contributed by atoms with Gasteiger partial charge < -0.3 is 5.32 Å². The summed E-state index contributed by atoms with van der Waals surface area (Å²) in [6.45, 7) is 6.06. The number of sulfonamides is 1. The largest absolute Gasteiger partial charge is 0.332 e. The van der Waals surface area contributed by atoms with E-state index in [1.165, 1.54) is 47.6 Å². The summed E-state index contributed by atoms with van der Waals surface area (Å²) >= 11 is 1.19. The molecule has 4 saturated carbocycles. The molecule has 0 aliphatic heterocycles. The minimum Gasteiger partial charge on any atom is -0.332 e. The van der Waals surface area contributed by atoms with Crippen LogP contribution in [0.15, 0.2) is 28.3 Å². The number of rotatable bonds is 8. The first-order chi connectivity index (χ1) is 15.6. The monoisotopic (exact) mass is 494 g/mol. The molecule has 8 nitrogen and oxygen atoms in total. The van der Waals surface area contributed by atoms with Crippen molar-refractivity contribution in [3.8, 4) is 0 Å². The van der Waals surface area contributed by atoms with Crippen LogP contribution in [0.2, 0.25) is 0 Å². The Kier molecular flexibility index (Phi) is 7.08. The van der Waals surface area contributed by atoms with E-state index in [4.69, 9.17) is 0 Å². The van der Waals surface area contributed by atoms with E-state index in [1.807, 2.05) is 0 Å². The molecule has 0 saturated heterocycles. The standard InChI is InChI=1S/C23H34N4O4S2/c1-4-27(5-2)33(30,31)19-6-7-20(24-14-19)32-15(3)21(28)25-22(29)26-23-11-16-8-17(12-23)10-18(9-16)13-23/h6-7,14-18H,4-5,8-13H2,1-3H3,(H2,25,26,28,29). The van der Waals surface area contributed by atoms with Crippen molar-refractivity contribution in [1.82, 2.24) is 19.9 Å². The van der Waals surface area contributed by atoms with Gasteiger partial charge >= 0.3 is 6.03 Å². The summed E-state index contributed by atoms with van der Waals surface area (Å²) in [5.41, 5.74) is -0.150. The zero-order valence-electron chi connectivity index (χ0n) is 19.5. The quantitative estimate of drug-likeness (QED) is 0.536. The lowest BCUT2D eigenvalue weighted by atomic mass is 9.53. The van der Waals surface area contributed by atoms with E-state index < -0.39 is 21.3 Å². The molecule has 0 radical (unpaired) electrons. The fourth-order valence-corrected chi connectivity index (χ4v) is 8.48. The van der Waals surface area contributed by atoms with Crippen molar-refractivity contribution in [1.29, 1.82) is 0 Å². The fourth-order valence-electron chi connectivity index (χ4n) is 6.29. The van der Waals surface area contributed by atoms with E-state index in [0.717, 1.165) is 19.3 Å². The Morgan fingerprint density at radius 2 is 1.70 bits per heavy atom. The van der Waals surface area contributed by atoms with E-state index in [9.17, 15) is 18.0 Å². The van der Waals surface area contributed by atoms with Crippen molar-refractivity contribution in [2.45, 2.75) is 80.0 Å². The highest BCUT2D eigenvalue weighted by Gasteiger charge is 2.51. The summed E-state index contributed by atoms with van der Waals surface area (Å²) in [5.74, 6) is 1.74. The maximum atomic E-state index is 12.6. The number of nitrogens with one attached hydrogen (secondary N) is 2. The van der Waals surface area contributed by atoms with Crippen molar-refractivity contribution in [3.63, 3.8) is 0 Å². The van der Waals surface area contributed by atoms with Crippen LogP contribution in [0.5, 0.6) is 0 Å².